The van der Waals surface area contributed by atoms with Gasteiger partial charge in [0.25, 0.3) is 17.1 Å². The number of esters is 2. The number of Topliss-reactive ketones (excluding diaryl/α,β-unsaturated/α-hetero) is 8. The molecule has 506 valence electrons. The standard InChI is InChI=1S/C21H39N2O4P.C17H28O5.C16H34NO3P.C12H20O4/c1-8-20(12-10-19(24)11-13-21(25)16(2)3)27-28(26-15-9-14-22)23(17(4)5)18(6)7;1-5-15(22-17(21)11-6-13(4)18)9-7-14(19)8-10-16(20)12(2)3;1-9-11-19-21(17(13(5)6)14(7)8)20-15(10-2)16(18)12(3)4;1-5-10(12(15)8(2)3)16-11(14)7-6-9(4)13/h16-18,20H,8-13,15H2,1-7H3;12,15H,5-11H2,1-4H3;12-15H,9-11H2,1-8H3;8,10H,5-7H2,1-4H3. The van der Waals surface area contributed by atoms with Crippen LogP contribution in [0.3, 0.4) is 0 Å². The maximum atomic E-state index is 12.3. The summed E-state index contributed by atoms with van der Waals surface area (Å²) in [5.74, 6) is -0.749. The summed E-state index contributed by atoms with van der Waals surface area (Å²) in [6.07, 6.45) is 5.91. The van der Waals surface area contributed by atoms with Gasteiger partial charge in [-0.2, -0.15) is 5.26 Å². The third-order valence-corrected chi connectivity index (χ3v) is 17.5. The van der Waals surface area contributed by atoms with E-state index in [1.165, 1.54) is 13.8 Å². The maximum absolute atomic E-state index is 12.3. The van der Waals surface area contributed by atoms with Gasteiger partial charge in [-0.15, -0.1) is 0 Å². The van der Waals surface area contributed by atoms with Gasteiger partial charge >= 0.3 is 11.9 Å². The number of carbonyl (C=O) groups is 10. The second kappa shape index (κ2) is 53.1. The van der Waals surface area contributed by atoms with Gasteiger partial charge < -0.3 is 37.2 Å². The molecule has 0 aliphatic heterocycles. The summed E-state index contributed by atoms with van der Waals surface area (Å²) in [4.78, 5) is 115. The molecular weight excluding hydrogens is 1150 g/mol. The van der Waals surface area contributed by atoms with Crippen molar-refractivity contribution in [2.45, 2.75) is 323 Å². The van der Waals surface area contributed by atoms with E-state index in [0.29, 0.717) is 89.5 Å². The van der Waals surface area contributed by atoms with Crippen molar-refractivity contribution in [1.82, 2.24) is 9.34 Å². The minimum atomic E-state index is -1.30. The fraction of sp³-hybridized carbons (Fsp3) is 0.833. The Hall–Kier alpha value is -3.59. The largest absolute Gasteiger partial charge is 0.462 e. The molecule has 0 aromatic heterocycles. The van der Waals surface area contributed by atoms with E-state index in [-0.39, 0.29) is 139 Å². The Bertz CT molecular complexity index is 2010. The van der Waals surface area contributed by atoms with E-state index >= 15 is 0 Å². The minimum Gasteiger partial charge on any atom is -0.462 e. The van der Waals surface area contributed by atoms with E-state index in [4.69, 9.17) is 32.8 Å². The first kappa shape index (κ1) is 89.8. The zero-order chi connectivity index (χ0) is 68.1. The average Bonchev–Trinajstić information content (AvgIpc) is 3.66. The Morgan fingerprint density at radius 1 is 0.414 bits per heavy atom. The van der Waals surface area contributed by atoms with Crippen molar-refractivity contribution >= 4 is 75.3 Å². The Morgan fingerprint density at radius 3 is 1.11 bits per heavy atom. The molecule has 0 fully saturated rings. The molecule has 6 unspecified atom stereocenters. The molecule has 21 heteroatoms. The molecule has 0 bridgehead atoms. The summed E-state index contributed by atoms with van der Waals surface area (Å²) >= 11 is 0. The molecule has 0 heterocycles. The summed E-state index contributed by atoms with van der Waals surface area (Å²) in [6, 6.07) is 3.23. The lowest BCUT2D eigenvalue weighted by Gasteiger charge is -2.37. The van der Waals surface area contributed by atoms with Crippen LogP contribution in [0.1, 0.15) is 275 Å². The zero-order valence-electron chi connectivity index (χ0n) is 58.3. The van der Waals surface area contributed by atoms with Gasteiger partial charge in [-0.25, -0.2) is 9.34 Å². The van der Waals surface area contributed by atoms with Crippen LogP contribution < -0.4 is 0 Å². The van der Waals surface area contributed by atoms with Crippen LogP contribution in [0, 0.1) is 35.0 Å². The van der Waals surface area contributed by atoms with Crippen molar-refractivity contribution in [3.05, 3.63) is 0 Å². The highest BCUT2D eigenvalue weighted by molar-refractivity contribution is 7.45. The van der Waals surface area contributed by atoms with Gasteiger partial charge in [-0.1, -0.05) is 90.0 Å². The van der Waals surface area contributed by atoms with Crippen LogP contribution in [0.4, 0.5) is 0 Å². The van der Waals surface area contributed by atoms with Gasteiger partial charge in [-0.3, -0.25) is 38.4 Å². The van der Waals surface area contributed by atoms with Gasteiger partial charge in [0.15, 0.2) is 17.7 Å². The monoisotopic (exact) mass is 1270 g/mol. The lowest BCUT2D eigenvalue weighted by Crippen LogP contribution is -2.36. The lowest BCUT2D eigenvalue weighted by atomic mass is 10.0. The molecule has 0 radical (unpaired) electrons. The van der Waals surface area contributed by atoms with Crippen molar-refractivity contribution in [3.8, 4) is 6.07 Å². The first-order valence-corrected chi connectivity index (χ1v) is 34.5. The van der Waals surface area contributed by atoms with Crippen LogP contribution in [-0.2, 0) is 75.5 Å². The zero-order valence-corrected chi connectivity index (χ0v) is 60.1. The van der Waals surface area contributed by atoms with Crippen molar-refractivity contribution < 1.29 is 75.5 Å². The topological polar surface area (TPSA) is 256 Å². The molecule has 6 atom stereocenters. The normalized spacial score (nSPS) is 13.5. The van der Waals surface area contributed by atoms with Crippen LogP contribution in [0.25, 0.3) is 0 Å². The Kier molecular flexibility index (Phi) is 54.8. The summed E-state index contributed by atoms with van der Waals surface area (Å²) in [7, 11) is -2.50. The lowest BCUT2D eigenvalue weighted by molar-refractivity contribution is -0.156. The van der Waals surface area contributed by atoms with Crippen LogP contribution in [0.5, 0.6) is 0 Å². The highest BCUT2D eigenvalue weighted by Crippen LogP contribution is 2.49. The van der Waals surface area contributed by atoms with E-state index in [0.717, 1.165) is 12.8 Å². The molecule has 0 aliphatic carbocycles. The highest BCUT2D eigenvalue weighted by Gasteiger charge is 2.33. The third kappa shape index (κ3) is 46.2. The maximum Gasteiger partial charge on any atom is 0.306 e. The Balaban J connectivity index is -0.000000537. The van der Waals surface area contributed by atoms with Gasteiger partial charge in [0.1, 0.15) is 46.9 Å². The van der Waals surface area contributed by atoms with Crippen molar-refractivity contribution in [2.24, 2.45) is 23.7 Å². The molecule has 0 amide bonds. The van der Waals surface area contributed by atoms with Crippen LogP contribution in [0.2, 0.25) is 0 Å². The number of rotatable bonds is 46. The molecule has 0 aromatic carbocycles. The number of hydrogen-bond acceptors (Lipinski definition) is 19. The fourth-order valence-electron chi connectivity index (χ4n) is 7.93. The Labute approximate surface area is 529 Å². The number of hydrogen-bond donors (Lipinski definition) is 0. The molecular formula is C66H121N3O16P2. The Morgan fingerprint density at radius 2 is 0.782 bits per heavy atom. The predicted octanol–water partition coefficient (Wildman–Crippen LogP) is 15.1. The van der Waals surface area contributed by atoms with E-state index < -0.39 is 35.1 Å². The van der Waals surface area contributed by atoms with Crippen molar-refractivity contribution in [1.29, 1.82) is 5.26 Å². The summed E-state index contributed by atoms with van der Waals surface area (Å²) < 4.78 is 39.0. The molecule has 0 aliphatic rings. The van der Waals surface area contributed by atoms with Gasteiger partial charge in [0.05, 0.1) is 44.6 Å². The molecule has 0 saturated carbocycles. The molecule has 0 rings (SSSR count). The van der Waals surface area contributed by atoms with Gasteiger partial charge in [-0.05, 0) is 114 Å². The van der Waals surface area contributed by atoms with E-state index in [1.54, 1.807) is 20.8 Å². The summed E-state index contributed by atoms with van der Waals surface area (Å²) in [6.45, 7) is 45.3. The average molecular weight is 1270 g/mol. The smallest absolute Gasteiger partial charge is 0.306 e. The van der Waals surface area contributed by atoms with E-state index in [2.05, 4.69) is 77.7 Å². The van der Waals surface area contributed by atoms with E-state index in [1.807, 2.05) is 62.3 Å². The summed E-state index contributed by atoms with van der Waals surface area (Å²) in [5, 5.41) is 8.79. The van der Waals surface area contributed by atoms with Crippen molar-refractivity contribution in [2.75, 3.05) is 13.2 Å². The fourth-order valence-corrected chi connectivity index (χ4v) is 11.6. The predicted molar refractivity (Wildman–Crippen MR) is 347 cm³/mol. The number of nitriles is 1. The molecule has 0 N–H and O–H groups in total. The number of ketones is 8. The highest BCUT2D eigenvalue weighted by atomic mass is 31.2. The van der Waals surface area contributed by atoms with Crippen molar-refractivity contribution in [3.63, 3.8) is 0 Å². The second-order valence-corrected chi connectivity index (χ2v) is 27.0. The number of ether oxygens (including phenoxy) is 2. The van der Waals surface area contributed by atoms with Crippen LogP contribution in [0.15, 0.2) is 0 Å². The molecule has 0 spiro atoms. The minimum absolute atomic E-state index is 0.00970. The number of carbonyl (C=O) groups excluding carboxylic acids is 10. The van der Waals surface area contributed by atoms with Gasteiger partial charge in [0.2, 0.25) is 0 Å². The van der Waals surface area contributed by atoms with Crippen LogP contribution >= 0.6 is 17.1 Å². The SMILES string of the molecule is CCC(CCC(=O)CCC(=O)C(C)C)OC(=O)CCC(C)=O.CCC(CCC(=O)CCC(=O)C(C)C)OP(OCCC#N)N(C(C)C)C(C)C.CCC(OC(=O)CCC(C)=O)C(=O)C(C)C.CCCOP(OC(CC)C(=O)C(C)C)N(C(C)C)C(C)C. The summed E-state index contributed by atoms with van der Waals surface area (Å²) in [5.41, 5.74) is 0. The van der Waals surface area contributed by atoms with Gasteiger partial charge in [0, 0.05) is 99.2 Å². The second-order valence-electron chi connectivity index (χ2n) is 24.1. The molecule has 0 aromatic rings. The van der Waals surface area contributed by atoms with E-state index in [9.17, 15) is 47.9 Å². The molecule has 87 heavy (non-hydrogen) atoms. The first-order valence-electron chi connectivity index (χ1n) is 32.2. The quantitative estimate of drug-likeness (QED) is 0.0312. The third-order valence-electron chi connectivity index (χ3n) is 13.2. The van der Waals surface area contributed by atoms with Crippen LogP contribution in [-0.4, -0.2) is 129 Å². The number of nitrogens with zero attached hydrogens (tertiary/aromatic N) is 3. The molecule has 19 nitrogen and oxygen atoms in total. The molecule has 0 saturated heterocycles. The first-order chi connectivity index (χ1) is 40.5.